The minimum atomic E-state index is -1.30. The fourth-order valence-corrected chi connectivity index (χ4v) is 3.43. The lowest BCUT2D eigenvalue weighted by molar-refractivity contribution is -0.148. The molecule has 4 N–H and O–H groups in total. The minimum Gasteiger partial charge on any atom is -0.462 e. The lowest BCUT2D eigenvalue weighted by atomic mass is 10.2. The summed E-state index contributed by atoms with van der Waals surface area (Å²) < 4.78 is 36.5. The van der Waals surface area contributed by atoms with Gasteiger partial charge in [0.05, 0.1) is 17.9 Å². The number of halogens is 3. The first-order valence-electron chi connectivity index (χ1n) is 9.61. The lowest BCUT2D eigenvalue weighted by Crippen LogP contribution is -2.35. The molecule has 33 heavy (non-hydrogen) atoms. The number of anilines is 2. The highest BCUT2D eigenvalue weighted by molar-refractivity contribution is 14.1. The maximum absolute atomic E-state index is 14.9. The summed E-state index contributed by atoms with van der Waals surface area (Å²) in [6.07, 6.45) is -0.236. The second-order valence-corrected chi connectivity index (χ2v) is 8.52. The number of nitrogens with zero attached hydrogens (tertiary/aromatic N) is 3. The van der Waals surface area contributed by atoms with E-state index in [9.17, 15) is 28.3 Å². The Morgan fingerprint density at radius 1 is 1.33 bits per heavy atom. The van der Waals surface area contributed by atoms with Gasteiger partial charge in [-0.25, -0.2) is 9.37 Å². The molecule has 0 unspecified atom stereocenters. The number of esters is 1. The Morgan fingerprint density at radius 3 is 2.67 bits per heavy atom. The standard InChI is InChI=1S/C20H20F2IN5O5/c1-9(24)20(32)33-7-11(29)6-28-8-25-17-14(18(28)30)16(15(22)19(31)27(17)2)26-13-4-3-10(23)5-12(13)21/h3-5,8-9,11,26,29H,6-7,24H2,1-2H3/t9-,11+/m1/s1. The molecule has 0 saturated heterocycles. The van der Waals surface area contributed by atoms with E-state index < -0.39 is 53.2 Å². The van der Waals surface area contributed by atoms with Crippen molar-refractivity contribution in [2.75, 3.05) is 11.9 Å². The molecule has 0 spiro atoms. The summed E-state index contributed by atoms with van der Waals surface area (Å²) in [5.74, 6) is -2.75. The maximum Gasteiger partial charge on any atom is 0.322 e. The van der Waals surface area contributed by atoms with Crippen molar-refractivity contribution >= 4 is 51.0 Å². The molecule has 0 aliphatic heterocycles. The quantitative estimate of drug-likeness (QED) is 0.280. The van der Waals surface area contributed by atoms with Crippen LogP contribution in [0.15, 0.2) is 34.1 Å². The van der Waals surface area contributed by atoms with Crippen molar-refractivity contribution in [2.24, 2.45) is 12.8 Å². The van der Waals surface area contributed by atoms with Crippen LogP contribution in [0.3, 0.4) is 0 Å². The number of fused-ring (bicyclic) bond motifs is 1. The fourth-order valence-electron chi connectivity index (χ4n) is 2.98. The van der Waals surface area contributed by atoms with E-state index in [1.165, 1.54) is 26.1 Å². The summed E-state index contributed by atoms with van der Waals surface area (Å²) in [5, 5.41) is 12.3. The van der Waals surface area contributed by atoms with E-state index in [-0.39, 0.29) is 23.3 Å². The molecule has 0 aliphatic rings. The van der Waals surface area contributed by atoms with Crippen molar-refractivity contribution in [1.82, 2.24) is 14.1 Å². The summed E-state index contributed by atoms with van der Waals surface area (Å²) in [4.78, 5) is 41.0. The van der Waals surface area contributed by atoms with Crippen molar-refractivity contribution < 1.29 is 23.4 Å². The van der Waals surface area contributed by atoms with Gasteiger partial charge in [-0.3, -0.25) is 23.5 Å². The van der Waals surface area contributed by atoms with Gasteiger partial charge in [0.25, 0.3) is 11.1 Å². The maximum atomic E-state index is 14.9. The average molecular weight is 575 g/mol. The Hall–Kier alpha value is -2.91. The molecule has 0 radical (unpaired) electrons. The first-order valence-corrected chi connectivity index (χ1v) is 10.7. The van der Waals surface area contributed by atoms with E-state index >= 15 is 0 Å². The summed E-state index contributed by atoms with van der Waals surface area (Å²) in [5.41, 5.74) is 2.67. The van der Waals surface area contributed by atoms with E-state index in [1.807, 2.05) is 22.6 Å². The molecule has 13 heteroatoms. The smallest absolute Gasteiger partial charge is 0.322 e. The Kier molecular flexibility index (Phi) is 7.44. The van der Waals surface area contributed by atoms with Crippen LogP contribution in [-0.2, 0) is 23.1 Å². The van der Waals surface area contributed by atoms with Crippen molar-refractivity contribution in [3.05, 3.63) is 60.4 Å². The van der Waals surface area contributed by atoms with Gasteiger partial charge < -0.3 is 20.9 Å². The zero-order valence-electron chi connectivity index (χ0n) is 17.5. The molecule has 176 valence electrons. The lowest BCUT2D eigenvalue weighted by Gasteiger charge is -2.16. The summed E-state index contributed by atoms with van der Waals surface area (Å²) in [6, 6.07) is 3.21. The Labute approximate surface area is 199 Å². The third-order valence-electron chi connectivity index (χ3n) is 4.69. The number of aliphatic hydroxyl groups excluding tert-OH is 1. The van der Waals surface area contributed by atoms with Crippen LogP contribution in [0.4, 0.5) is 20.2 Å². The monoisotopic (exact) mass is 575 g/mol. The number of aromatic nitrogens is 3. The number of carbonyl (C=O) groups excluding carboxylic acids is 1. The van der Waals surface area contributed by atoms with E-state index in [0.29, 0.717) is 3.57 Å². The number of aliphatic hydroxyl groups is 1. The highest BCUT2D eigenvalue weighted by Gasteiger charge is 2.22. The van der Waals surface area contributed by atoms with Crippen LogP contribution in [0.1, 0.15) is 6.92 Å². The topological polar surface area (TPSA) is 141 Å². The van der Waals surface area contributed by atoms with E-state index in [2.05, 4.69) is 10.3 Å². The molecular weight excluding hydrogens is 555 g/mol. The molecule has 0 fully saturated rings. The SMILES string of the molecule is C[C@@H](N)C(=O)OC[C@@H](O)Cn1cnc2c(c(Nc3ccc(I)cc3F)c(F)c(=O)n2C)c1=O. The van der Waals surface area contributed by atoms with Crippen molar-refractivity contribution in [1.29, 1.82) is 0 Å². The highest BCUT2D eigenvalue weighted by atomic mass is 127. The third-order valence-corrected chi connectivity index (χ3v) is 5.36. The zero-order chi connectivity index (χ0) is 24.4. The molecule has 0 bridgehead atoms. The Bertz CT molecular complexity index is 1340. The summed E-state index contributed by atoms with van der Waals surface area (Å²) >= 11 is 1.90. The van der Waals surface area contributed by atoms with E-state index in [0.717, 1.165) is 15.5 Å². The zero-order valence-corrected chi connectivity index (χ0v) is 19.7. The predicted octanol–water partition coefficient (Wildman–Crippen LogP) is 0.973. The first-order chi connectivity index (χ1) is 15.5. The molecule has 0 saturated carbocycles. The number of rotatable bonds is 7. The second-order valence-electron chi connectivity index (χ2n) is 7.28. The van der Waals surface area contributed by atoms with Gasteiger partial charge in [-0.05, 0) is 47.7 Å². The summed E-state index contributed by atoms with van der Waals surface area (Å²) in [6.45, 7) is 0.623. The van der Waals surface area contributed by atoms with Gasteiger partial charge in [-0.1, -0.05) is 0 Å². The molecule has 0 amide bonds. The number of hydrogen-bond donors (Lipinski definition) is 3. The highest BCUT2D eigenvalue weighted by Crippen LogP contribution is 2.26. The molecule has 2 atom stereocenters. The number of benzene rings is 1. The summed E-state index contributed by atoms with van der Waals surface area (Å²) in [7, 11) is 1.24. The first kappa shape index (κ1) is 24.7. The van der Waals surface area contributed by atoms with Crippen LogP contribution in [-0.4, -0.2) is 43.9 Å². The molecule has 3 rings (SSSR count). The van der Waals surface area contributed by atoms with E-state index in [1.54, 1.807) is 6.07 Å². The van der Waals surface area contributed by atoms with Crippen LogP contribution in [0.2, 0.25) is 0 Å². The largest absolute Gasteiger partial charge is 0.462 e. The molecule has 2 aromatic heterocycles. The number of nitrogens with one attached hydrogen (secondary N) is 1. The predicted molar refractivity (Wildman–Crippen MR) is 124 cm³/mol. The normalized spacial score (nSPS) is 13.1. The minimum absolute atomic E-state index is 0.144. The number of pyridine rings is 1. The van der Waals surface area contributed by atoms with Gasteiger partial charge in [-0.15, -0.1) is 0 Å². The van der Waals surface area contributed by atoms with Gasteiger partial charge in [0.15, 0.2) is 5.65 Å². The van der Waals surface area contributed by atoms with E-state index in [4.69, 9.17) is 10.5 Å². The van der Waals surface area contributed by atoms with Gasteiger partial charge in [-0.2, -0.15) is 4.39 Å². The van der Waals surface area contributed by atoms with Crippen LogP contribution >= 0.6 is 22.6 Å². The van der Waals surface area contributed by atoms with Crippen LogP contribution < -0.4 is 22.2 Å². The van der Waals surface area contributed by atoms with Crippen molar-refractivity contribution in [3.8, 4) is 0 Å². The second kappa shape index (κ2) is 9.93. The molecule has 1 aromatic carbocycles. The van der Waals surface area contributed by atoms with Crippen molar-refractivity contribution in [2.45, 2.75) is 25.6 Å². The molecule has 10 nitrogen and oxygen atoms in total. The number of carbonyl (C=O) groups is 1. The van der Waals surface area contributed by atoms with Crippen LogP contribution in [0, 0.1) is 15.2 Å². The molecule has 3 aromatic rings. The van der Waals surface area contributed by atoms with Gasteiger partial charge in [0.2, 0.25) is 5.82 Å². The number of ether oxygens (including phenoxy) is 1. The number of hydrogen-bond acceptors (Lipinski definition) is 8. The molecule has 2 heterocycles. The fraction of sp³-hybridized carbons (Fsp3) is 0.300. The Morgan fingerprint density at radius 2 is 2.03 bits per heavy atom. The number of nitrogens with two attached hydrogens (primary N) is 1. The number of aryl methyl sites for hydroxylation is 1. The molecule has 0 aliphatic carbocycles. The molecular formula is C20H20F2IN5O5. The van der Waals surface area contributed by atoms with Crippen molar-refractivity contribution in [3.63, 3.8) is 0 Å². The average Bonchev–Trinajstić information content (AvgIpc) is 2.76. The van der Waals surface area contributed by atoms with Gasteiger partial charge in [0, 0.05) is 10.6 Å². The van der Waals surface area contributed by atoms with Crippen LogP contribution in [0.5, 0.6) is 0 Å². The van der Waals surface area contributed by atoms with Gasteiger partial charge >= 0.3 is 5.97 Å². The third kappa shape index (κ3) is 5.20. The van der Waals surface area contributed by atoms with Crippen LogP contribution in [0.25, 0.3) is 11.0 Å². The van der Waals surface area contributed by atoms with Gasteiger partial charge in [0.1, 0.15) is 36.3 Å². The Balaban J connectivity index is 2.06.